The van der Waals surface area contributed by atoms with Gasteiger partial charge in [-0.2, -0.15) is 5.10 Å². The molecular formula is C32H29N3O4. The van der Waals surface area contributed by atoms with Crippen LogP contribution >= 0.6 is 0 Å². The molecule has 0 saturated carbocycles. The van der Waals surface area contributed by atoms with Crippen LogP contribution in [-0.4, -0.2) is 43.1 Å². The minimum atomic E-state index is -1.13. The maximum atomic E-state index is 12.6. The van der Waals surface area contributed by atoms with Gasteiger partial charge in [-0.3, -0.25) is 5.01 Å². The lowest BCUT2D eigenvalue weighted by Crippen LogP contribution is -2.42. The van der Waals surface area contributed by atoms with Gasteiger partial charge in [-0.25, -0.2) is 9.59 Å². The largest absolute Gasteiger partial charge is 0.480 e. The highest BCUT2D eigenvalue weighted by Crippen LogP contribution is 2.44. The lowest BCUT2D eigenvalue weighted by molar-refractivity contribution is -0.139. The smallest absolute Gasteiger partial charge is 0.407 e. The first kappa shape index (κ1) is 25.7. The van der Waals surface area contributed by atoms with Crippen molar-refractivity contribution in [3.63, 3.8) is 0 Å². The van der Waals surface area contributed by atoms with Crippen LogP contribution in [0.25, 0.3) is 11.1 Å². The van der Waals surface area contributed by atoms with Gasteiger partial charge in [-0.05, 0) is 45.5 Å². The van der Waals surface area contributed by atoms with Crippen molar-refractivity contribution in [2.24, 2.45) is 5.10 Å². The van der Waals surface area contributed by atoms with Crippen molar-refractivity contribution in [3.8, 4) is 11.1 Å². The molecule has 2 N–H and O–H groups in total. The van der Waals surface area contributed by atoms with Crippen LogP contribution in [0.15, 0.2) is 108 Å². The van der Waals surface area contributed by atoms with Crippen molar-refractivity contribution >= 4 is 24.0 Å². The van der Waals surface area contributed by atoms with E-state index in [1.165, 1.54) is 0 Å². The molecular weight excluding hydrogens is 490 g/mol. The Morgan fingerprint density at radius 2 is 1.49 bits per heavy atom. The summed E-state index contributed by atoms with van der Waals surface area (Å²) in [7, 11) is 1.84. The van der Waals surface area contributed by atoms with E-state index in [4.69, 9.17) is 4.74 Å². The fourth-order valence-corrected chi connectivity index (χ4v) is 4.82. The molecule has 4 aromatic carbocycles. The Bertz CT molecular complexity index is 1440. The lowest BCUT2D eigenvalue weighted by Gasteiger charge is -2.18. The van der Waals surface area contributed by atoms with Crippen molar-refractivity contribution < 1.29 is 19.4 Å². The monoisotopic (exact) mass is 519 g/mol. The third kappa shape index (κ3) is 5.99. The molecule has 0 fully saturated rings. The van der Waals surface area contributed by atoms with Gasteiger partial charge in [0.15, 0.2) is 0 Å². The van der Waals surface area contributed by atoms with Gasteiger partial charge in [0.2, 0.25) is 0 Å². The second-order valence-corrected chi connectivity index (χ2v) is 9.41. The highest BCUT2D eigenvalue weighted by atomic mass is 16.5. The van der Waals surface area contributed by atoms with E-state index < -0.39 is 18.1 Å². The van der Waals surface area contributed by atoms with Gasteiger partial charge in [0.1, 0.15) is 12.6 Å². The zero-order chi connectivity index (χ0) is 27.2. The maximum Gasteiger partial charge on any atom is 0.407 e. The number of carboxylic acids is 1. The molecule has 1 unspecified atom stereocenters. The molecule has 5 rings (SSSR count). The van der Waals surface area contributed by atoms with Crippen LogP contribution in [0.5, 0.6) is 0 Å². The number of hydrogen-bond acceptors (Lipinski definition) is 5. The van der Waals surface area contributed by atoms with Gasteiger partial charge in [-0.1, -0.05) is 91.0 Å². The van der Waals surface area contributed by atoms with E-state index >= 15 is 0 Å². The number of rotatable bonds is 9. The number of anilines is 1. The molecule has 0 saturated heterocycles. The predicted molar refractivity (Wildman–Crippen MR) is 152 cm³/mol. The first-order valence-electron chi connectivity index (χ1n) is 12.8. The van der Waals surface area contributed by atoms with Crippen molar-refractivity contribution in [1.29, 1.82) is 0 Å². The van der Waals surface area contributed by atoms with Crippen LogP contribution in [0.3, 0.4) is 0 Å². The molecule has 7 heteroatoms. The summed E-state index contributed by atoms with van der Waals surface area (Å²) in [5, 5.41) is 18.4. The second kappa shape index (κ2) is 11.6. The number of carboxylic acid groups (broad SMARTS) is 1. The number of amides is 1. The van der Waals surface area contributed by atoms with E-state index in [2.05, 4.69) is 22.6 Å². The van der Waals surface area contributed by atoms with Crippen molar-refractivity contribution in [3.05, 3.63) is 125 Å². The third-order valence-corrected chi connectivity index (χ3v) is 6.86. The SMILES string of the molecule is CN(/N=C/c1ccccc1)c1ccc(CC(NC(=O)OCC2c3ccccc3-c3ccccc32)C(=O)O)cc1. The molecule has 0 radical (unpaired) electrons. The van der Waals surface area contributed by atoms with Crippen LogP contribution in [0.4, 0.5) is 10.5 Å². The van der Waals surface area contributed by atoms with Crippen molar-refractivity contribution in [2.75, 3.05) is 18.7 Å². The number of hydrazone groups is 1. The topological polar surface area (TPSA) is 91.2 Å². The standard InChI is InChI=1S/C32H29N3O4/c1-35(33-20-23-9-3-2-4-10-23)24-17-15-22(16-18-24)19-30(31(36)37)34-32(38)39-21-29-27-13-7-5-11-25(27)26-12-6-8-14-28(26)29/h2-18,20,29-30H,19,21H2,1H3,(H,34,38)(H,36,37)/b33-20+. The van der Waals surface area contributed by atoms with Crippen molar-refractivity contribution in [2.45, 2.75) is 18.4 Å². The Kier molecular flexibility index (Phi) is 7.68. The summed E-state index contributed by atoms with van der Waals surface area (Å²) in [6.45, 7) is 0.122. The minimum Gasteiger partial charge on any atom is -0.480 e. The third-order valence-electron chi connectivity index (χ3n) is 6.86. The summed E-state index contributed by atoms with van der Waals surface area (Å²) >= 11 is 0. The van der Waals surface area contributed by atoms with Crippen LogP contribution in [0.1, 0.15) is 28.2 Å². The Hall–Kier alpha value is -4.91. The van der Waals surface area contributed by atoms with Crippen LogP contribution < -0.4 is 10.3 Å². The van der Waals surface area contributed by atoms with E-state index in [0.717, 1.165) is 39.1 Å². The van der Waals surface area contributed by atoms with Crippen LogP contribution in [0.2, 0.25) is 0 Å². The summed E-state index contributed by atoms with van der Waals surface area (Å²) in [5.41, 5.74) is 7.06. The van der Waals surface area contributed by atoms with Gasteiger partial charge in [0.25, 0.3) is 0 Å². The highest BCUT2D eigenvalue weighted by Gasteiger charge is 2.29. The summed E-state index contributed by atoms with van der Waals surface area (Å²) < 4.78 is 5.54. The first-order chi connectivity index (χ1) is 19.0. The van der Waals surface area contributed by atoms with E-state index in [-0.39, 0.29) is 18.9 Å². The molecule has 1 aliphatic rings. The average molecular weight is 520 g/mol. The van der Waals surface area contributed by atoms with E-state index in [1.807, 2.05) is 98.0 Å². The number of benzene rings is 4. The molecule has 39 heavy (non-hydrogen) atoms. The number of carbonyl (C=O) groups excluding carboxylic acids is 1. The Labute approximate surface area is 227 Å². The number of nitrogens with zero attached hydrogens (tertiary/aromatic N) is 2. The van der Waals surface area contributed by atoms with Gasteiger partial charge in [0.05, 0.1) is 11.9 Å². The van der Waals surface area contributed by atoms with Crippen LogP contribution in [-0.2, 0) is 16.0 Å². The molecule has 0 bridgehead atoms. The molecule has 0 spiro atoms. The summed E-state index contributed by atoms with van der Waals surface area (Å²) in [5.74, 6) is -1.22. The number of ether oxygens (including phenoxy) is 1. The summed E-state index contributed by atoms with van der Waals surface area (Å²) in [6.07, 6.45) is 1.14. The number of hydrogen-bond donors (Lipinski definition) is 2. The Morgan fingerprint density at radius 1 is 0.897 bits per heavy atom. The van der Waals surface area contributed by atoms with E-state index in [9.17, 15) is 14.7 Å². The van der Waals surface area contributed by atoms with E-state index in [1.54, 1.807) is 11.2 Å². The Balaban J connectivity index is 1.18. The molecule has 196 valence electrons. The molecule has 7 nitrogen and oxygen atoms in total. The van der Waals surface area contributed by atoms with Gasteiger partial charge in [-0.15, -0.1) is 0 Å². The number of nitrogens with one attached hydrogen (secondary N) is 1. The number of alkyl carbamates (subject to hydrolysis) is 1. The number of aliphatic carboxylic acids is 1. The molecule has 0 aromatic heterocycles. The van der Waals surface area contributed by atoms with E-state index in [0.29, 0.717) is 0 Å². The Morgan fingerprint density at radius 3 is 2.10 bits per heavy atom. The maximum absolute atomic E-state index is 12.6. The van der Waals surface area contributed by atoms with Gasteiger partial charge >= 0.3 is 12.1 Å². The number of carbonyl (C=O) groups is 2. The quantitative estimate of drug-likeness (QED) is 0.219. The molecule has 0 heterocycles. The number of fused-ring (bicyclic) bond motifs is 3. The predicted octanol–water partition coefficient (Wildman–Crippen LogP) is 5.69. The highest BCUT2D eigenvalue weighted by molar-refractivity contribution is 5.82. The van der Waals surface area contributed by atoms with Crippen molar-refractivity contribution in [1.82, 2.24) is 5.32 Å². The zero-order valence-electron chi connectivity index (χ0n) is 21.5. The van der Waals surface area contributed by atoms with Crippen LogP contribution in [0, 0.1) is 0 Å². The van der Waals surface area contributed by atoms with Gasteiger partial charge in [0, 0.05) is 19.4 Å². The molecule has 1 aliphatic carbocycles. The molecule has 1 amide bonds. The summed E-state index contributed by atoms with van der Waals surface area (Å²) in [4.78, 5) is 24.6. The first-order valence-corrected chi connectivity index (χ1v) is 12.8. The minimum absolute atomic E-state index is 0.0967. The fourth-order valence-electron chi connectivity index (χ4n) is 4.82. The molecule has 1 atom stereocenters. The lowest BCUT2D eigenvalue weighted by atomic mass is 9.98. The normalized spacial score (nSPS) is 12.9. The average Bonchev–Trinajstić information content (AvgIpc) is 3.29. The molecule has 0 aliphatic heterocycles. The van der Waals surface area contributed by atoms with Gasteiger partial charge < -0.3 is 15.2 Å². The zero-order valence-corrected chi connectivity index (χ0v) is 21.5. The molecule has 4 aromatic rings. The summed E-state index contributed by atoms with van der Waals surface area (Å²) in [6, 6.07) is 32.2. The fraction of sp³-hybridized carbons (Fsp3) is 0.156. The second-order valence-electron chi connectivity index (χ2n) is 9.41.